The number of benzene rings is 2. The van der Waals surface area contributed by atoms with Crippen LogP contribution in [0.5, 0.6) is 0 Å². The van der Waals surface area contributed by atoms with Gasteiger partial charge in [-0.25, -0.2) is 14.2 Å². The minimum Gasteiger partial charge on any atom is -0.454 e. The van der Waals surface area contributed by atoms with Gasteiger partial charge in [-0.1, -0.05) is 34.1 Å². The number of aromatic nitrogens is 5. The molecule has 0 aliphatic heterocycles. The lowest BCUT2D eigenvalue weighted by Gasteiger charge is -2.09. The van der Waals surface area contributed by atoms with E-state index in [2.05, 4.69) is 21.0 Å². The minimum atomic E-state index is -0.616. The van der Waals surface area contributed by atoms with Gasteiger partial charge in [-0.3, -0.25) is 14.3 Å². The van der Waals surface area contributed by atoms with Crippen molar-refractivity contribution in [2.75, 3.05) is 6.61 Å². The normalized spacial score (nSPS) is 11.2. The average Bonchev–Trinajstić information content (AvgIpc) is 3.50. The summed E-state index contributed by atoms with van der Waals surface area (Å²) in [6, 6.07) is 18.7. The SMILES string of the molecule is Cc1nn(-c2ccc(Br)cc2)c(C)c1C(=O)OCC(=O)c1cc(C)n(-c2c(C)n(C)n(-c3ccccc3)c2=O)c1C. The largest absolute Gasteiger partial charge is 0.454 e. The van der Waals surface area contributed by atoms with E-state index in [9.17, 15) is 14.4 Å². The van der Waals surface area contributed by atoms with Gasteiger partial charge < -0.3 is 9.30 Å². The third-order valence-corrected chi connectivity index (χ3v) is 7.91. The van der Waals surface area contributed by atoms with Crippen molar-refractivity contribution in [3.05, 3.63) is 115 Å². The zero-order chi connectivity index (χ0) is 29.6. The van der Waals surface area contributed by atoms with Crippen LogP contribution in [0.4, 0.5) is 0 Å². The van der Waals surface area contributed by atoms with E-state index < -0.39 is 12.6 Å². The molecule has 0 atom stereocenters. The molecule has 0 aliphatic rings. The number of hydrogen-bond acceptors (Lipinski definition) is 5. The molecule has 2 aromatic carbocycles. The van der Waals surface area contributed by atoms with Gasteiger partial charge in [0.1, 0.15) is 11.3 Å². The lowest BCUT2D eigenvalue weighted by Crippen LogP contribution is -2.22. The van der Waals surface area contributed by atoms with E-state index in [1.807, 2.05) is 75.5 Å². The van der Waals surface area contributed by atoms with Crippen LogP contribution < -0.4 is 5.56 Å². The van der Waals surface area contributed by atoms with E-state index >= 15 is 0 Å². The molecule has 5 aromatic rings. The van der Waals surface area contributed by atoms with Crippen molar-refractivity contribution >= 4 is 27.7 Å². The molecule has 0 unspecified atom stereocenters. The van der Waals surface area contributed by atoms with Gasteiger partial charge in [-0.2, -0.15) is 5.10 Å². The summed E-state index contributed by atoms with van der Waals surface area (Å²) in [4.78, 5) is 40.0. The molecule has 0 aliphatic carbocycles. The van der Waals surface area contributed by atoms with Crippen LogP contribution in [0.3, 0.4) is 0 Å². The number of nitrogens with zero attached hydrogens (tertiary/aromatic N) is 5. The van der Waals surface area contributed by atoms with Gasteiger partial charge in [0.15, 0.2) is 6.61 Å². The first-order chi connectivity index (χ1) is 19.5. The second-order valence-electron chi connectivity index (χ2n) is 9.96. The Labute approximate surface area is 245 Å². The van der Waals surface area contributed by atoms with E-state index in [-0.39, 0.29) is 11.3 Å². The quantitative estimate of drug-likeness (QED) is 0.178. The van der Waals surface area contributed by atoms with Gasteiger partial charge in [0.25, 0.3) is 5.56 Å². The van der Waals surface area contributed by atoms with Crippen LogP contribution in [0.1, 0.15) is 49.2 Å². The summed E-state index contributed by atoms with van der Waals surface area (Å²) in [5, 5.41) is 4.51. The Hall–Kier alpha value is -4.44. The zero-order valence-electron chi connectivity index (χ0n) is 23.7. The number of Topliss-reactive ketones (excluding diaryl/α,β-unsaturated/α-hetero) is 1. The van der Waals surface area contributed by atoms with E-state index in [0.717, 1.165) is 27.2 Å². The van der Waals surface area contributed by atoms with Gasteiger partial charge in [0.2, 0.25) is 5.78 Å². The fraction of sp³-hybridized carbons (Fsp3) is 0.226. The molecule has 9 nitrogen and oxygen atoms in total. The van der Waals surface area contributed by atoms with Crippen LogP contribution in [-0.2, 0) is 11.8 Å². The van der Waals surface area contributed by atoms with E-state index in [0.29, 0.717) is 33.9 Å². The lowest BCUT2D eigenvalue weighted by molar-refractivity contribution is 0.0473. The van der Waals surface area contributed by atoms with E-state index in [4.69, 9.17) is 4.74 Å². The molecule has 3 heterocycles. The molecular formula is C31H30BrN5O4. The molecule has 0 N–H and O–H groups in total. The number of ketones is 1. The number of esters is 1. The number of halogens is 1. The Balaban J connectivity index is 1.40. The fourth-order valence-corrected chi connectivity index (χ4v) is 5.52. The number of carbonyl (C=O) groups is 2. The van der Waals surface area contributed by atoms with Crippen molar-refractivity contribution in [3.63, 3.8) is 0 Å². The molecule has 0 bridgehead atoms. The molecule has 0 amide bonds. The fourth-order valence-electron chi connectivity index (χ4n) is 5.25. The molecule has 0 spiro atoms. The van der Waals surface area contributed by atoms with Gasteiger partial charge in [-0.15, -0.1) is 0 Å². The Morgan fingerprint density at radius 3 is 2.20 bits per heavy atom. The number of aryl methyl sites for hydroxylation is 2. The standard InChI is InChI=1S/C31H30BrN5O4/c1-18-16-26(20(3)35(18)29-22(5)34(6)37(30(29)39)25-10-8-7-9-11-25)27(38)17-41-31(40)28-19(2)33-36(21(28)4)24-14-12-23(32)13-15-24/h7-16H,17H2,1-6H3. The predicted octanol–water partition coefficient (Wildman–Crippen LogP) is 5.50. The van der Waals surface area contributed by atoms with Crippen LogP contribution in [0, 0.1) is 34.6 Å². The first-order valence-corrected chi connectivity index (χ1v) is 13.9. The molecule has 210 valence electrons. The van der Waals surface area contributed by atoms with Gasteiger partial charge in [0, 0.05) is 28.5 Å². The molecule has 10 heteroatoms. The lowest BCUT2D eigenvalue weighted by atomic mass is 10.1. The van der Waals surface area contributed by atoms with Crippen molar-refractivity contribution in [1.82, 2.24) is 23.7 Å². The van der Waals surface area contributed by atoms with Crippen molar-refractivity contribution in [1.29, 1.82) is 0 Å². The monoisotopic (exact) mass is 615 g/mol. The third-order valence-electron chi connectivity index (χ3n) is 7.38. The van der Waals surface area contributed by atoms with E-state index in [1.54, 1.807) is 45.5 Å². The summed E-state index contributed by atoms with van der Waals surface area (Å²) >= 11 is 3.42. The third kappa shape index (κ3) is 4.88. The topological polar surface area (TPSA) is 93.1 Å². The minimum absolute atomic E-state index is 0.197. The smallest absolute Gasteiger partial charge is 0.342 e. The van der Waals surface area contributed by atoms with Crippen molar-refractivity contribution in [3.8, 4) is 17.1 Å². The summed E-state index contributed by atoms with van der Waals surface area (Å²) in [5.74, 6) is -0.972. The Morgan fingerprint density at radius 1 is 0.878 bits per heavy atom. The Kier molecular flexibility index (Phi) is 7.44. The summed E-state index contributed by atoms with van der Waals surface area (Å²) in [7, 11) is 1.83. The number of hydrogen-bond donors (Lipinski definition) is 0. The number of rotatable bonds is 7. The van der Waals surface area contributed by atoms with Gasteiger partial charge >= 0.3 is 5.97 Å². The second-order valence-corrected chi connectivity index (χ2v) is 10.9. The van der Waals surface area contributed by atoms with Crippen LogP contribution in [0.25, 0.3) is 17.1 Å². The molecule has 0 saturated carbocycles. The van der Waals surface area contributed by atoms with Crippen LogP contribution in [0.2, 0.25) is 0 Å². The Morgan fingerprint density at radius 2 is 1.54 bits per heavy atom. The maximum absolute atomic E-state index is 13.6. The van der Waals surface area contributed by atoms with Crippen LogP contribution >= 0.6 is 15.9 Å². The molecule has 41 heavy (non-hydrogen) atoms. The highest BCUT2D eigenvalue weighted by atomic mass is 79.9. The van der Waals surface area contributed by atoms with Crippen molar-refractivity contribution in [2.24, 2.45) is 7.05 Å². The first-order valence-electron chi connectivity index (χ1n) is 13.1. The molecule has 5 rings (SSSR count). The summed E-state index contributed by atoms with van der Waals surface area (Å²) < 4.78 is 13.3. The van der Waals surface area contributed by atoms with Gasteiger partial charge in [-0.05, 0) is 77.1 Å². The highest BCUT2D eigenvalue weighted by Gasteiger charge is 2.26. The maximum Gasteiger partial charge on any atom is 0.342 e. The zero-order valence-corrected chi connectivity index (χ0v) is 25.3. The molecule has 0 radical (unpaired) electrons. The number of carbonyl (C=O) groups excluding carboxylic acids is 2. The molecule has 3 aromatic heterocycles. The van der Waals surface area contributed by atoms with Crippen molar-refractivity contribution < 1.29 is 14.3 Å². The summed E-state index contributed by atoms with van der Waals surface area (Å²) in [6.45, 7) is 8.59. The van der Waals surface area contributed by atoms with Crippen molar-refractivity contribution in [2.45, 2.75) is 34.6 Å². The average molecular weight is 617 g/mol. The highest BCUT2D eigenvalue weighted by Crippen LogP contribution is 2.24. The number of ether oxygens (including phenoxy) is 1. The molecule has 0 saturated heterocycles. The maximum atomic E-state index is 13.6. The van der Waals surface area contributed by atoms with E-state index in [1.165, 1.54) is 0 Å². The van der Waals surface area contributed by atoms with Crippen LogP contribution in [0.15, 0.2) is 69.9 Å². The highest BCUT2D eigenvalue weighted by molar-refractivity contribution is 9.10. The van der Waals surface area contributed by atoms with Gasteiger partial charge in [0.05, 0.1) is 28.5 Å². The van der Waals surface area contributed by atoms with Crippen LogP contribution in [-0.4, -0.2) is 42.1 Å². The molecular weight excluding hydrogens is 586 g/mol. The number of para-hydroxylation sites is 1. The Bertz CT molecular complexity index is 1860. The predicted molar refractivity (Wildman–Crippen MR) is 160 cm³/mol. The summed E-state index contributed by atoms with van der Waals surface area (Å²) in [5.41, 5.74) is 5.75. The first kappa shape index (κ1) is 28.1. The summed E-state index contributed by atoms with van der Waals surface area (Å²) in [6.07, 6.45) is 0. The molecule has 0 fully saturated rings. The second kappa shape index (κ2) is 10.9.